The Labute approximate surface area is 155 Å². The van der Waals surface area contributed by atoms with E-state index in [0.29, 0.717) is 11.7 Å². The van der Waals surface area contributed by atoms with E-state index in [4.69, 9.17) is 9.26 Å². The highest BCUT2D eigenvalue weighted by molar-refractivity contribution is 5.54. The number of nitrogens with zero attached hydrogens (tertiary/aromatic N) is 1. The summed E-state index contributed by atoms with van der Waals surface area (Å²) < 4.78 is 11.9. The lowest BCUT2D eigenvalue weighted by Gasteiger charge is -2.47. The topological polar surface area (TPSA) is 55.5 Å². The zero-order valence-electron chi connectivity index (χ0n) is 16.4. The van der Waals surface area contributed by atoms with Crippen molar-refractivity contribution in [1.29, 1.82) is 0 Å². The Morgan fingerprint density at radius 3 is 2.77 bits per heavy atom. The zero-order valence-corrected chi connectivity index (χ0v) is 16.4. The van der Waals surface area contributed by atoms with Crippen LogP contribution in [0.15, 0.2) is 22.9 Å². The average molecular weight is 355 g/mol. The summed E-state index contributed by atoms with van der Waals surface area (Å²) in [4.78, 5) is 0. The van der Waals surface area contributed by atoms with Crippen LogP contribution in [0.2, 0.25) is 0 Å². The number of hydrogen-bond acceptors (Lipinski definition) is 4. The first-order valence-electron chi connectivity index (χ1n) is 9.72. The van der Waals surface area contributed by atoms with Gasteiger partial charge in [-0.1, -0.05) is 32.3 Å². The van der Waals surface area contributed by atoms with E-state index in [1.807, 2.05) is 12.3 Å². The molecule has 1 N–H and O–H groups in total. The molecule has 4 rings (SSSR count). The summed E-state index contributed by atoms with van der Waals surface area (Å²) in [6.45, 7) is 11.0. The van der Waals surface area contributed by atoms with Crippen LogP contribution in [0.4, 0.5) is 0 Å². The van der Waals surface area contributed by atoms with Crippen molar-refractivity contribution in [3.8, 4) is 11.5 Å². The number of ether oxygens (including phenoxy) is 1. The minimum atomic E-state index is -0.299. The molecule has 140 valence electrons. The normalized spacial score (nSPS) is 23.6. The molecule has 4 nitrogen and oxygen atoms in total. The molecule has 0 bridgehead atoms. The molecule has 2 aliphatic rings. The van der Waals surface area contributed by atoms with E-state index in [1.54, 1.807) is 0 Å². The molecule has 1 aromatic heterocycles. The van der Waals surface area contributed by atoms with E-state index in [-0.39, 0.29) is 16.9 Å². The molecule has 0 radical (unpaired) electrons. The van der Waals surface area contributed by atoms with Gasteiger partial charge < -0.3 is 14.4 Å². The smallest absolute Gasteiger partial charge is 0.140 e. The summed E-state index contributed by atoms with van der Waals surface area (Å²) in [5.41, 5.74) is 2.96. The minimum Gasteiger partial charge on any atom is -0.508 e. The predicted octanol–water partition coefficient (Wildman–Crippen LogP) is 5.13. The summed E-state index contributed by atoms with van der Waals surface area (Å²) in [5, 5.41) is 14.9. The number of phenols is 1. The van der Waals surface area contributed by atoms with Crippen molar-refractivity contribution in [1.82, 2.24) is 5.16 Å². The third kappa shape index (κ3) is 2.62. The Hall–Kier alpha value is -1.97. The number of aromatic hydroxyl groups is 1. The summed E-state index contributed by atoms with van der Waals surface area (Å²) in [7, 11) is 0. The van der Waals surface area contributed by atoms with Gasteiger partial charge >= 0.3 is 0 Å². The van der Waals surface area contributed by atoms with Crippen LogP contribution in [0.25, 0.3) is 0 Å². The third-order valence-electron chi connectivity index (χ3n) is 6.47. The van der Waals surface area contributed by atoms with E-state index < -0.39 is 0 Å². The minimum absolute atomic E-state index is 0.0102. The van der Waals surface area contributed by atoms with Crippen molar-refractivity contribution in [2.75, 3.05) is 0 Å². The summed E-state index contributed by atoms with van der Waals surface area (Å²) in [6, 6.07) is 4.10. The molecule has 1 aromatic carbocycles. The molecule has 4 heteroatoms. The molecule has 1 aliphatic carbocycles. The number of fused-ring (bicyclic) bond motifs is 4. The first-order valence-corrected chi connectivity index (χ1v) is 9.72. The number of benzene rings is 1. The van der Waals surface area contributed by atoms with Crippen LogP contribution in [0, 0.1) is 5.92 Å². The average Bonchev–Trinajstić information content (AvgIpc) is 2.99. The van der Waals surface area contributed by atoms with Gasteiger partial charge in [0.25, 0.3) is 0 Å². The van der Waals surface area contributed by atoms with Crippen LogP contribution in [0.1, 0.15) is 75.8 Å². The van der Waals surface area contributed by atoms with Gasteiger partial charge in [0.1, 0.15) is 22.9 Å². The van der Waals surface area contributed by atoms with Gasteiger partial charge in [-0.15, -0.1) is 0 Å². The predicted molar refractivity (Wildman–Crippen MR) is 101 cm³/mol. The van der Waals surface area contributed by atoms with Crippen LogP contribution in [-0.4, -0.2) is 15.9 Å². The van der Waals surface area contributed by atoms with Crippen LogP contribution < -0.4 is 4.74 Å². The number of aromatic nitrogens is 1. The van der Waals surface area contributed by atoms with Crippen LogP contribution in [-0.2, 0) is 18.3 Å². The second-order valence-electron chi connectivity index (χ2n) is 9.14. The van der Waals surface area contributed by atoms with Gasteiger partial charge in [0.05, 0.1) is 6.20 Å². The van der Waals surface area contributed by atoms with Crippen molar-refractivity contribution in [3.05, 3.63) is 40.8 Å². The molecule has 0 unspecified atom stereocenters. The van der Waals surface area contributed by atoms with Gasteiger partial charge in [-0.25, -0.2) is 0 Å². The van der Waals surface area contributed by atoms with Crippen molar-refractivity contribution in [2.45, 2.75) is 77.2 Å². The summed E-state index contributed by atoms with van der Waals surface area (Å²) in [6.07, 6.45) is 5.65. The maximum absolute atomic E-state index is 11.0. The molecule has 2 atom stereocenters. The molecule has 0 saturated carbocycles. The Morgan fingerprint density at radius 2 is 2.04 bits per heavy atom. The van der Waals surface area contributed by atoms with E-state index in [0.717, 1.165) is 48.3 Å². The number of rotatable bonds is 3. The van der Waals surface area contributed by atoms with Gasteiger partial charge in [0.2, 0.25) is 0 Å². The first kappa shape index (κ1) is 17.4. The second-order valence-corrected chi connectivity index (χ2v) is 9.14. The highest BCUT2D eigenvalue weighted by Gasteiger charge is 2.48. The fraction of sp³-hybridized carbons (Fsp3) is 0.591. The van der Waals surface area contributed by atoms with Crippen LogP contribution >= 0.6 is 0 Å². The third-order valence-corrected chi connectivity index (χ3v) is 6.47. The van der Waals surface area contributed by atoms with E-state index in [9.17, 15) is 5.11 Å². The monoisotopic (exact) mass is 355 g/mol. The standard InChI is InChI=1S/C22H29NO3/c1-6-7-21(2,3)14-9-17(24)20-15-11-18-13(12-23-26-18)8-16(15)22(4,5)25-19(20)10-14/h9-10,12,15-16,24H,6-8,11H2,1-5H3/t15-,16-/m1/s1. The molecular weight excluding hydrogens is 326 g/mol. The number of phenolic OH excluding ortho intramolecular Hbond substituents is 1. The van der Waals surface area contributed by atoms with Crippen LogP contribution in [0.3, 0.4) is 0 Å². The fourth-order valence-corrected chi connectivity index (χ4v) is 4.96. The van der Waals surface area contributed by atoms with Gasteiger partial charge in [0.15, 0.2) is 0 Å². The van der Waals surface area contributed by atoms with Gasteiger partial charge in [-0.3, -0.25) is 0 Å². The Balaban J connectivity index is 1.82. The largest absolute Gasteiger partial charge is 0.508 e. The van der Waals surface area contributed by atoms with E-state index in [1.165, 1.54) is 5.56 Å². The summed E-state index contributed by atoms with van der Waals surface area (Å²) >= 11 is 0. The van der Waals surface area contributed by atoms with E-state index in [2.05, 4.69) is 45.8 Å². The van der Waals surface area contributed by atoms with Crippen molar-refractivity contribution >= 4 is 0 Å². The Bertz CT molecular complexity index is 834. The lowest BCUT2D eigenvalue weighted by molar-refractivity contribution is 0.00383. The molecule has 0 saturated heterocycles. The molecule has 0 fully saturated rings. The maximum Gasteiger partial charge on any atom is 0.140 e. The molecular formula is C22H29NO3. The quantitative estimate of drug-likeness (QED) is 0.829. The molecule has 2 heterocycles. The molecule has 0 spiro atoms. The molecule has 1 aliphatic heterocycles. The van der Waals surface area contributed by atoms with Gasteiger partial charge in [-0.05, 0) is 49.8 Å². The maximum atomic E-state index is 11.0. The first-order chi connectivity index (χ1) is 12.2. The zero-order chi connectivity index (χ0) is 18.7. The van der Waals surface area contributed by atoms with Crippen molar-refractivity contribution in [3.63, 3.8) is 0 Å². The summed E-state index contributed by atoms with van der Waals surface area (Å²) in [5.74, 6) is 2.62. The second kappa shape index (κ2) is 5.77. The Morgan fingerprint density at radius 1 is 1.27 bits per heavy atom. The highest BCUT2D eigenvalue weighted by Crippen LogP contribution is 2.54. The molecule has 2 aromatic rings. The molecule has 26 heavy (non-hydrogen) atoms. The van der Waals surface area contributed by atoms with E-state index >= 15 is 0 Å². The lowest BCUT2D eigenvalue weighted by atomic mass is 9.66. The SMILES string of the molecule is CCCC(C)(C)c1cc(O)c2c(c1)OC(C)(C)[C@@H]1Cc3cnoc3C[C@@H]21. The van der Waals surface area contributed by atoms with Gasteiger partial charge in [0, 0.05) is 29.4 Å². The lowest BCUT2D eigenvalue weighted by Crippen LogP contribution is -2.47. The van der Waals surface area contributed by atoms with Crippen molar-refractivity contribution in [2.24, 2.45) is 5.92 Å². The Kier molecular flexibility index (Phi) is 3.87. The fourth-order valence-electron chi connectivity index (χ4n) is 4.96. The van der Waals surface area contributed by atoms with Crippen LogP contribution in [0.5, 0.6) is 11.5 Å². The molecule has 0 amide bonds. The van der Waals surface area contributed by atoms with Crippen molar-refractivity contribution < 1.29 is 14.4 Å². The van der Waals surface area contributed by atoms with Gasteiger partial charge in [-0.2, -0.15) is 0 Å². The number of hydrogen-bond donors (Lipinski definition) is 1. The highest BCUT2D eigenvalue weighted by atomic mass is 16.5.